The molecule has 0 saturated heterocycles. The number of phosphoric acid groups is 1. The molecule has 0 amide bonds. The van der Waals surface area contributed by atoms with E-state index in [4.69, 9.17) is 9.05 Å². The van der Waals surface area contributed by atoms with Crippen LogP contribution in [0.15, 0.2) is 54.6 Å². The number of benzene rings is 2. The van der Waals surface area contributed by atoms with E-state index < -0.39 is 7.82 Å². The van der Waals surface area contributed by atoms with Gasteiger partial charge in [0.1, 0.15) is 11.5 Å². The molecule has 0 spiro atoms. The summed E-state index contributed by atoms with van der Waals surface area (Å²) in [5, 5.41) is 0. The third-order valence-electron chi connectivity index (χ3n) is 4.20. The number of para-hydroxylation sites is 2. The van der Waals surface area contributed by atoms with Gasteiger partial charge in [-0.3, -0.25) is 4.89 Å². The summed E-state index contributed by atoms with van der Waals surface area (Å²) in [6.07, 6.45) is 9.43. The second-order valence-corrected chi connectivity index (χ2v) is 7.75. The molecule has 0 aliphatic carbocycles. The van der Waals surface area contributed by atoms with Gasteiger partial charge in [-0.25, -0.2) is 4.57 Å². The van der Waals surface area contributed by atoms with Gasteiger partial charge in [0.2, 0.25) is 0 Å². The number of phosphoric ester groups is 1. The van der Waals surface area contributed by atoms with E-state index in [2.05, 4.69) is 6.92 Å². The number of rotatable bonds is 12. The largest absolute Gasteiger partial charge is 0.584 e. The molecule has 26 heavy (non-hydrogen) atoms. The zero-order valence-corrected chi connectivity index (χ0v) is 16.4. The smallest absolute Gasteiger partial charge is 0.395 e. The highest BCUT2D eigenvalue weighted by atomic mass is 31.2. The zero-order chi connectivity index (χ0) is 18.7. The Morgan fingerprint density at radius 1 is 0.808 bits per heavy atom. The molecule has 0 aromatic heterocycles. The molecule has 1 atom stereocenters. The van der Waals surface area contributed by atoms with Crippen LogP contribution in [0.5, 0.6) is 11.5 Å². The van der Waals surface area contributed by atoms with Crippen molar-refractivity contribution >= 4 is 7.82 Å². The lowest BCUT2D eigenvalue weighted by molar-refractivity contribution is 0.290. The molecule has 142 valence electrons. The molecule has 0 heterocycles. The van der Waals surface area contributed by atoms with E-state index in [0.717, 1.165) is 24.8 Å². The summed E-state index contributed by atoms with van der Waals surface area (Å²) in [4.78, 5) is 10.0. The van der Waals surface area contributed by atoms with Gasteiger partial charge in [0.15, 0.2) is 0 Å². The van der Waals surface area contributed by atoms with Crippen LogP contribution in [0.4, 0.5) is 0 Å². The lowest BCUT2D eigenvalue weighted by Gasteiger charge is -2.16. The topological polar surface area (TPSA) is 55.8 Å². The summed E-state index contributed by atoms with van der Waals surface area (Å²) in [7, 11) is -4.22. The monoisotopic (exact) mass is 376 g/mol. The molecule has 0 aliphatic rings. The Morgan fingerprint density at radius 3 is 2.15 bits per heavy atom. The van der Waals surface area contributed by atoms with Crippen molar-refractivity contribution in [2.75, 3.05) is 0 Å². The highest BCUT2D eigenvalue weighted by Gasteiger charge is 2.26. The first-order valence-electron chi connectivity index (χ1n) is 9.45. The molecular formula is C21H29O4P. The van der Waals surface area contributed by atoms with Crippen molar-refractivity contribution in [2.45, 2.75) is 58.3 Å². The number of hydrogen-bond donors (Lipinski definition) is 1. The summed E-state index contributed by atoms with van der Waals surface area (Å²) >= 11 is 0. The minimum atomic E-state index is -4.22. The Balaban J connectivity index is 1.86. The standard InChI is InChI=1S/C21H29O4P/c1-2-3-4-5-6-7-9-14-19-15-12-13-18-21(19)25-26(22,23)24-20-16-10-8-11-17-20/h8,10-13,15-18H,2-7,9,14H2,1H3,(H,22,23). The fourth-order valence-corrected chi connectivity index (χ4v) is 3.68. The van der Waals surface area contributed by atoms with Gasteiger partial charge < -0.3 is 9.05 Å². The fourth-order valence-electron chi connectivity index (χ4n) is 2.83. The minimum Gasteiger partial charge on any atom is -0.395 e. The Bertz CT molecular complexity index is 687. The van der Waals surface area contributed by atoms with Crippen LogP contribution in [0, 0.1) is 0 Å². The molecule has 2 aromatic carbocycles. The van der Waals surface area contributed by atoms with Crippen LogP contribution in [-0.4, -0.2) is 4.89 Å². The maximum atomic E-state index is 12.3. The lowest BCUT2D eigenvalue weighted by Crippen LogP contribution is -2.02. The van der Waals surface area contributed by atoms with E-state index in [9.17, 15) is 9.46 Å². The second-order valence-electron chi connectivity index (χ2n) is 6.44. The van der Waals surface area contributed by atoms with Crippen LogP contribution in [0.25, 0.3) is 0 Å². The quantitative estimate of drug-likeness (QED) is 0.338. The normalized spacial score (nSPS) is 13.2. The van der Waals surface area contributed by atoms with E-state index >= 15 is 0 Å². The van der Waals surface area contributed by atoms with Gasteiger partial charge >= 0.3 is 7.82 Å². The van der Waals surface area contributed by atoms with Crippen LogP contribution in [0.3, 0.4) is 0 Å². The molecule has 0 fully saturated rings. The molecule has 2 aromatic rings. The molecule has 0 radical (unpaired) electrons. The highest BCUT2D eigenvalue weighted by molar-refractivity contribution is 7.48. The van der Waals surface area contributed by atoms with Crippen molar-refractivity contribution in [3.63, 3.8) is 0 Å². The van der Waals surface area contributed by atoms with Crippen molar-refractivity contribution in [1.82, 2.24) is 0 Å². The SMILES string of the molecule is CCCCCCCCCc1ccccc1OP(=O)(O)Oc1ccccc1. The third-order valence-corrected chi connectivity index (χ3v) is 5.07. The fraction of sp³-hybridized carbons (Fsp3) is 0.429. The number of aryl methyl sites for hydroxylation is 1. The third kappa shape index (κ3) is 7.63. The highest BCUT2D eigenvalue weighted by Crippen LogP contribution is 2.45. The number of unbranched alkanes of at least 4 members (excludes halogenated alkanes) is 6. The van der Waals surface area contributed by atoms with Crippen LogP contribution in [0.1, 0.15) is 57.4 Å². The van der Waals surface area contributed by atoms with Crippen molar-refractivity contribution in [1.29, 1.82) is 0 Å². The molecule has 5 heteroatoms. The van der Waals surface area contributed by atoms with E-state index in [1.165, 1.54) is 32.1 Å². The first kappa shape index (κ1) is 20.5. The zero-order valence-electron chi connectivity index (χ0n) is 15.5. The predicted octanol–water partition coefficient (Wildman–Crippen LogP) is 6.54. The molecular weight excluding hydrogens is 347 g/mol. The van der Waals surface area contributed by atoms with Crippen molar-refractivity contribution in [3.05, 3.63) is 60.2 Å². The first-order valence-corrected chi connectivity index (χ1v) is 11.0. The molecule has 0 aliphatic heterocycles. The van der Waals surface area contributed by atoms with Crippen LogP contribution >= 0.6 is 7.82 Å². The van der Waals surface area contributed by atoms with Gasteiger partial charge in [-0.2, -0.15) is 0 Å². The minimum absolute atomic E-state index is 0.308. The van der Waals surface area contributed by atoms with Gasteiger partial charge in [-0.05, 0) is 36.6 Å². The molecule has 2 rings (SSSR count). The molecule has 1 N–H and O–H groups in total. The predicted molar refractivity (Wildman–Crippen MR) is 106 cm³/mol. The van der Waals surface area contributed by atoms with Gasteiger partial charge in [-0.15, -0.1) is 0 Å². The molecule has 1 unspecified atom stereocenters. The molecule has 0 saturated carbocycles. The molecule has 0 bridgehead atoms. The van der Waals surface area contributed by atoms with Gasteiger partial charge in [0, 0.05) is 0 Å². The maximum Gasteiger partial charge on any atom is 0.584 e. The average molecular weight is 376 g/mol. The van der Waals surface area contributed by atoms with Crippen LogP contribution < -0.4 is 9.05 Å². The summed E-state index contributed by atoms with van der Waals surface area (Å²) in [6.45, 7) is 2.22. The van der Waals surface area contributed by atoms with E-state index in [-0.39, 0.29) is 0 Å². The van der Waals surface area contributed by atoms with E-state index in [1.54, 1.807) is 36.4 Å². The molecule has 4 nitrogen and oxygen atoms in total. The lowest BCUT2D eigenvalue weighted by atomic mass is 10.0. The summed E-state index contributed by atoms with van der Waals surface area (Å²) in [5.74, 6) is 0.725. The average Bonchev–Trinajstić information content (AvgIpc) is 2.62. The Hall–Kier alpha value is -1.77. The van der Waals surface area contributed by atoms with E-state index in [0.29, 0.717) is 11.5 Å². The van der Waals surface area contributed by atoms with Crippen molar-refractivity contribution in [3.8, 4) is 11.5 Å². The maximum absolute atomic E-state index is 12.3. The van der Waals surface area contributed by atoms with Gasteiger partial charge in [0.25, 0.3) is 0 Å². The Labute approximate surface area is 156 Å². The van der Waals surface area contributed by atoms with Gasteiger partial charge in [0.05, 0.1) is 0 Å². The van der Waals surface area contributed by atoms with E-state index in [1.807, 2.05) is 18.2 Å². The summed E-state index contributed by atoms with van der Waals surface area (Å²) in [6, 6.07) is 15.9. The number of hydrogen-bond acceptors (Lipinski definition) is 3. The van der Waals surface area contributed by atoms with Crippen LogP contribution in [-0.2, 0) is 11.0 Å². The Morgan fingerprint density at radius 2 is 1.42 bits per heavy atom. The first-order chi connectivity index (χ1) is 12.6. The summed E-state index contributed by atoms with van der Waals surface area (Å²) < 4.78 is 22.8. The summed E-state index contributed by atoms with van der Waals surface area (Å²) in [5.41, 5.74) is 0.937. The van der Waals surface area contributed by atoms with Crippen molar-refractivity contribution in [2.24, 2.45) is 0 Å². The van der Waals surface area contributed by atoms with Crippen LogP contribution in [0.2, 0.25) is 0 Å². The van der Waals surface area contributed by atoms with Gasteiger partial charge in [-0.1, -0.05) is 81.8 Å². The Kier molecular flexibility index (Phi) is 8.73. The second kappa shape index (κ2) is 11.1. The van der Waals surface area contributed by atoms with Crippen molar-refractivity contribution < 1.29 is 18.5 Å².